The Balaban J connectivity index is 1.28. The number of aromatic nitrogens is 2. The Bertz CT molecular complexity index is 947. The lowest BCUT2D eigenvalue weighted by Crippen LogP contribution is -2.50. The average molecular weight is 455 g/mol. The van der Waals surface area contributed by atoms with Crippen LogP contribution in [0.1, 0.15) is 19.8 Å². The minimum absolute atomic E-state index is 0.219. The van der Waals surface area contributed by atoms with E-state index in [2.05, 4.69) is 19.5 Å². The number of hydrogen-bond acceptors (Lipinski definition) is 7. The maximum atomic E-state index is 12.3. The van der Waals surface area contributed by atoms with Crippen LogP contribution < -0.4 is 14.4 Å². The van der Waals surface area contributed by atoms with E-state index in [1.807, 2.05) is 14.0 Å². The number of benzene rings is 1. The van der Waals surface area contributed by atoms with Crippen molar-refractivity contribution < 1.29 is 27.6 Å². The van der Waals surface area contributed by atoms with E-state index in [1.54, 1.807) is 16.7 Å². The van der Waals surface area contributed by atoms with Crippen LogP contribution >= 0.6 is 0 Å². The van der Waals surface area contributed by atoms with E-state index in [9.17, 15) is 23.3 Å². The van der Waals surface area contributed by atoms with Crippen molar-refractivity contribution in [1.29, 1.82) is 0 Å². The molecule has 0 bridgehead atoms. The number of rotatable bonds is 6. The average Bonchev–Trinajstić information content (AvgIpc) is 3.22. The van der Waals surface area contributed by atoms with Crippen molar-refractivity contribution in [3.63, 3.8) is 0 Å². The lowest BCUT2D eigenvalue weighted by Gasteiger charge is -2.40. The third kappa shape index (κ3) is 4.90. The third-order valence-corrected chi connectivity index (χ3v) is 5.90. The summed E-state index contributed by atoms with van der Waals surface area (Å²) in [5.74, 6) is -0.455. The Morgan fingerprint density at radius 3 is 2.53 bits per heavy atom. The largest absolute Gasteiger partial charge is 0.573 e. The van der Waals surface area contributed by atoms with Crippen molar-refractivity contribution in [2.75, 3.05) is 31.6 Å². The SMILES string of the molecule is CN(c1ccc(OC(F)(F)F)cc1)C1CCN(CC2(C)Cn3cc([N+](=O)[O-])nc3O2)CC1. The highest BCUT2D eigenvalue weighted by molar-refractivity contribution is 5.49. The van der Waals surface area contributed by atoms with Gasteiger partial charge >= 0.3 is 18.2 Å². The molecular formula is C20H24F3N5O4. The van der Waals surface area contributed by atoms with Gasteiger partial charge in [0.25, 0.3) is 0 Å². The molecule has 1 unspecified atom stereocenters. The van der Waals surface area contributed by atoms with Gasteiger partial charge in [0.2, 0.25) is 0 Å². The number of halogens is 3. The number of imidazole rings is 1. The molecule has 3 heterocycles. The van der Waals surface area contributed by atoms with Crippen LogP contribution in [0, 0.1) is 10.1 Å². The standard InChI is InChI=1S/C20H24F3N5O4/c1-19(13-27-11-17(28(29)30)24-18(27)32-19)12-26-9-7-15(8-10-26)25(2)14-3-5-16(6-4-14)31-20(21,22)23/h3-6,11,15H,7-10,12-13H2,1-2H3. The molecule has 174 valence electrons. The van der Waals surface area contributed by atoms with E-state index in [0.29, 0.717) is 13.1 Å². The molecule has 1 aromatic heterocycles. The molecule has 1 aromatic carbocycles. The highest BCUT2D eigenvalue weighted by Gasteiger charge is 2.42. The molecule has 9 nitrogen and oxygen atoms in total. The van der Waals surface area contributed by atoms with E-state index in [4.69, 9.17) is 4.74 Å². The van der Waals surface area contributed by atoms with Crippen molar-refractivity contribution >= 4 is 11.5 Å². The Morgan fingerprint density at radius 1 is 1.31 bits per heavy atom. The van der Waals surface area contributed by atoms with Crippen molar-refractivity contribution in [2.24, 2.45) is 0 Å². The summed E-state index contributed by atoms with van der Waals surface area (Å²) in [4.78, 5) is 18.6. The zero-order valence-corrected chi connectivity index (χ0v) is 17.7. The quantitative estimate of drug-likeness (QED) is 0.487. The molecule has 2 aliphatic rings. The first-order valence-corrected chi connectivity index (χ1v) is 10.2. The van der Waals surface area contributed by atoms with E-state index in [0.717, 1.165) is 31.6 Å². The van der Waals surface area contributed by atoms with Crippen LogP contribution in [-0.4, -0.2) is 64.1 Å². The van der Waals surface area contributed by atoms with Crippen LogP contribution in [0.15, 0.2) is 30.5 Å². The molecule has 0 aliphatic carbocycles. The second kappa shape index (κ2) is 8.15. The summed E-state index contributed by atoms with van der Waals surface area (Å²) < 4.78 is 48.5. The van der Waals surface area contributed by atoms with E-state index < -0.39 is 16.9 Å². The zero-order valence-electron chi connectivity index (χ0n) is 17.7. The first-order valence-electron chi connectivity index (χ1n) is 10.2. The van der Waals surface area contributed by atoms with Crippen molar-refractivity contribution in [3.05, 3.63) is 40.6 Å². The number of piperidine rings is 1. The van der Waals surface area contributed by atoms with Gasteiger partial charge in [0.15, 0.2) is 0 Å². The lowest BCUT2D eigenvalue weighted by molar-refractivity contribution is -0.389. The molecule has 32 heavy (non-hydrogen) atoms. The molecule has 0 spiro atoms. The summed E-state index contributed by atoms with van der Waals surface area (Å²) in [6.07, 6.45) is -1.52. The number of hydrogen-bond donors (Lipinski definition) is 0. The smallest absolute Gasteiger partial charge is 0.436 e. The molecule has 1 saturated heterocycles. The fourth-order valence-corrected chi connectivity index (χ4v) is 4.40. The monoisotopic (exact) mass is 455 g/mol. The molecule has 1 atom stereocenters. The molecule has 0 saturated carbocycles. The summed E-state index contributed by atoms with van der Waals surface area (Å²) >= 11 is 0. The summed E-state index contributed by atoms with van der Waals surface area (Å²) in [5, 5.41) is 10.9. The van der Waals surface area contributed by atoms with Crippen LogP contribution in [0.5, 0.6) is 11.8 Å². The molecule has 2 aliphatic heterocycles. The summed E-state index contributed by atoms with van der Waals surface area (Å²) in [7, 11) is 1.94. The Kier molecular flexibility index (Phi) is 5.65. The van der Waals surface area contributed by atoms with E-state index in [-0.39, 0.29) is 23.6 Å². The van der Waals surface area contributed by atoms with Gasteiger partial charge in [-0.3, -0.25) is 9.47 Å². The van der Waals surface area contributed by atoms with Crippen molar-refractivity contribution in [3.8, 4) is 11.8 Å². The van der Waals surface area contributed by atoms with Gasteiger partial charge in [-0.2, -0.15) is 0 Å². The van der Waals surface area contributed by atoms with Crippen molar-refractivity contribution in [1.82, 2.24) is 14.5 Å². The summed E-state index contributed by atoms with van der Waals surface area (Å²) in [6.45, 7) is 4.81. The van der Waals surface area contributed by atoms with Gasteiger partial charge in [-0.25, -0.2) is 0 Å². The Hall–Kier alpha value is -3.02. The highest BCUT2D eigenvalue weighted by Crippen LogP contribution is 2.33. The van der Waals surface area contributed by atoms with E-state index >= 15 is 0 Å². The van der Waals surface area contributed by atoms with Gasteiger partial charge in [-0.05, 0) is 49.0 Å². The van der Waals surface area contributed by atoms with Gasteiger partial charge in [0, 0.05) is 43.4 Å². The molecule has 0 radical (unpaired) electrons. The van der Waals surface area contributed by atoms with Gasteiger partial charge in [-0.1, -0.05) is 0 Å². The fourth-order valence-electron chi connectivity index (χ4n) is 4.40. The molecule has 0 N–H and O–H groups in total. The number of nitro groups is 1. The number of nitrogens with zero attached hydrogens (tertiary/aromatic N) is 5. The van der Waals surface area contributed by atoms with Crippen LogP contribution in [0.25, 0.3) is 0 Å². The molecule has 0 amide bonds. The number of fused-ring (bicyclic) bond motifs is 1. The number of alkyl halides is 3. The minimum Gasteiger partial charge on any atom is -0.436 e. The maximum absolute atomic E-state index is 12.3. The van der Waals surface area contributed by atoms with Gasteiger partial charge in [0.05, 0.1) is 6.54 Å². The molecule has 4 rings (SSSR count). The van der Waals surface area contributed by atoms with Gasteiger partial charge in [0.1, 0.15) is 17.5 Å². The van der Waals surface area contributed by atoms with Gasteiger partial charge in [-0.15, -0.1) is 13.2 Å². The first kappa shape index (κ1) is 22.2. The van der Waals surface area contributed by atoms with Crippen LogP contribution in [-0.2, 0) is 6.54 Å². The highest BCUT2D eigenvalue weighted by atomic mass is 19.4. The van der Waals surface area contributed by atoms with Gasteiger partial charge < -0.3 is 24.5 Å². The molecule has 12 heteroatoms. The lowest BCUT2D eigenvalue weighted by atomic mass is 10.00. The predicted octanol–water partition coefficient (Wildman–Crippen LogP) is 3.44. The Morgan fingerprint density at radius 2 is 1.97 bits per heavy atom. The van der Waals surface area contributed by atoms with Crippen LogP contribution in [0.3, 0.4) is 0 Å². The summed E-state index contributed by atoms with van der Waals surface area (Å²) in [5.41, 5.74) is 0.320. The molecule has 1 fully saturated rings. The normalized spacial score (nSPS) is 21.8. The second-order valence-corrected chi connectivity index (χ2v) is 8.48. The fraction of sp³-hybridized carbons (Fsp3) is 0.550. The minimum atomic E-state index is -4.70. The molecular weight excluding hydrogens is 431 g/mol. The zero-order chi connectivity index (χ0) is 23.1. The maximum Gasteiger partial charge on any atom is 0.573 e. The predicted molar refractivity (Wildman–Crippen MR) is 109 cm³/mol. The number of anilines is 1. The Labute approximate surface area is 182 Å². The third-order valence-electron chi connectivity index (χ3n) is 5.90. The molecule has 2 aromatic rings. The first-order chi connectivity index (χ1) is 15.0. The van der Waals surface area contributed by atoms with Crippen molar-refractivity contribution in [2.45, 2.75) is 44.3 Å². The van der Waals surface area contributed by atoms with E-state index in [1.165, 1.54) is 18.3 Å². The number of likely N-dealkylation sites (tertiary alicyclic amines) is 1. The van der Waals surface area contributed by atoms with Crippen LogP contribution in [0.2, 0.25) is 0 Å². The van der Waals surface area contributed by atoms with Crippen LogP contribution in [0.4, 0.5) is 24.7 Å². The summed E-state index contributed by atoms with van der Waals surface area (Å²) in [6, 6.07) is 6.42. The second-order valence-electron chi connectivity index (χ2n) is 8.48. The topological polar surface area (TPSA) is 85.9 Å². The number of ether oxygens (including phenoxy) is 2.